The van der Waals surface area contributed by atoms with Crippen LogP contribution in [-0.2, 0) is 0 Å². The van der Waals surface area contributed by atoms with Crippen LogP contribution < -0.4 is 10.9 Å². The molecule has 0 saturated heterocycles. The van der Waals surface area contributed by atoms with Gasteiger partial charge in [0.25, 0.3) is 11.5 Å². The number of rotatable bonds is 3. The molecular formula is C14H15N3O2. The van der Waals surface area contributed by atoms with Crippen LogP contribution in [0.1, 0.15) is 30.3 Å². The van der Waals surface area contributed by atoms with Gasteiger partial charge in [-0.1, -0.05) is 25.1 Å². The van der Waals surface area contributed by atoms with Gasteiger partial charge < -0.3 is 5.32 Å². The van der Waals surface area contributed by atoms with Gasteiger partial charge in [0, 0.05) is 11.9 Å². The molecule has 1 aromatic heterocycles. The van der Waals surface area contributed by atoms with Gasteiger partial charge in [0.1, 0.15) is 0 Å². The Kier molecular flexibility index (Phi) is 2.62. The topological polar surface area (TPSA) is 74.8 Å². The van der Waals surface area contributed by atoms with Crippen molar-refractivity contribution >= 4 is 16.7 Å². The predicted molar refractivity (Wildman–Crippen MR) is 72.0 cm³/mol. The van der Waals surface area contributed by atoms with Gasteiger partial charge in [0.15, 0.2) is 5.69 Å². The zero-order chi connectivity index (χ0) is 13.5. The van der Waals surface area contributed by atoms with Gasteiger partial charge in [0.05, 0.1) is 5.39 Å². The Bertz CT molecular complexity index is 701. The average molecular weight is 257 g/mol. The summed E-state index contributed by atoms with van der Waals surface area (Å²) in [4.78, 5) is 23.8. The molecule has 0 unspecified atom stereocenters. The number of hydrogen-bond donors (Lipinski definition) is 2. The number of nitrogens with zero attached hydrogens (tertiary/aromatic N) is 1. The van der Waals surface area contributed by atoms with Gasteiger partial charge in [-0.25, -0.2) is 5.10 Å². The summed E-state index contributed by atoms with van der Waals surface area (Å²) in [5.41, 5.74) is 0.244. The van der Waals surface area contributed by atoms with Crippen LogP contribution in [0.5, 0.6) is 0 Å². The van der Waals surface area contributed by atoms with Crippen molar-refractivity contribution in [1.29, 1.82) is 0 Å². The summed E-state index contributed by atoms with van der Waals surface area (Å²) < 4.78 is 0. The third kappa shape index (κ3) is 2.23. The molecule has 2 N–H and O–H groups in total. The van der Waals surface area contributed by atoms with Crippen LogP contribution in [0.2, 0.25) is 0 Å². The maximum absolute atomic E-state index is 12.1. The Morgan fingerprint density at radius 3 is 2.74 bits per heavy atom. The molecule has 1 aromatic carbocycles. The molecule has 19 heavy (non-hydrogen) atoms. The van der Waals surface area contributed by atoms with Crippen LogP contribution in [0.15, 0.2) is 29.1 Å². The smallest absolute Gasteiger partial charge is 0.272 e. The molecule has 2 aromatic rings. The Hall–Kier alpha value is -2.17. The first-order chi connectivity index (χ1) is 9.09. The molecule has 0 bridgehead atoms. The van der Waals surface area contributed by atoms with Gasteiger partial charge >= 0.3 is 0 Å². The van der Waals surface area contributed by atoms with E-state index in [4.69, 9.17) is 0 Å². The first kappa shape index (κ1) is 11.9. The summed E-state index contributed by atoms with van der Waals surface area (Å²) in [6.45, 7) is 2.80. The molecule has 5 heteroatoms. The normalized spacial score (nSPS) is 16.3. The van der Waals surface area contributed by atoms with E-state index in [2.05, 4.69) is 22.4 Å². The molecule has 1 aliphatic rings. The van der Waals surface area contributed by atoms with Crippen LogP contribution in [-0.4, -0.2) is 22.6 Å². The number of nitrogens with one attached hydrogen (secondary N) is 2. The fourth-order valence-electron chi connectivity index (χ4n) is 2.06. The zero-order valence-corrected chi connectivity index (χ0v) is 10.7. The fourth-order valence-corrected chi connectivity index (χ4v) is 2.06. The Labute approximate surface area is 110 Å². The van der Waals surface area contributed by atoms with E-state index in [1.807, 2.05) is 0 Å². The standard InChI is InChI=1S/C14H15N3O2/c1-14(6-7-14)8-15-13(19)11-9-4-2-3-5-10(9)12(18)17-16-11/h2-5H,6-8H2,1H3,(H,15,19)(H,17,18). The van der Waals surface area contributed by atoms with Crippen molar-refractivity contribution in [2.24, 2.45) is 5.41 Å². The second-order valence-electron chi connectivity index (χ2n) is 5.44. The van der Waals surface area contributed by atoms with E-state index in [9.17, 15) is 9.59 Å². The molecule has 1 heterocycles. The summed E-state index contributed by atoms with van der Waals surface area (Å²) in [6.07, 6.45) is 2.29. The number of hydrogen-bond acceptors (Lipinski definition) is 3. The van der Waals surface area contributed by atoms with Crippen LogP contribution >= 0.6 is 0 Å². The van der Waals surface area contributed by atoms with Gasteiger partial charge in [-0.2, -0.15) is 5.10 Å². The highest BCUT2D eigenvalue weighted by Crippen LogP contribution is 2.44. The number of benzene rings is 1. The first-order valence-corrected chi connectivity index (χ1v) is 6.35. The van der Waals surface area contributed by atoms with Crippen LogP contribution in [0, 0.1) is 5.41 Å². The van der Waals surface area contributed by atoms with Gasteiger partial charge in [-0.3, -0.25) is 9.59 Å². The molecule has 0 atom stereocenters. The van der Waals surface area contributed by atoms with E-state index in [-0.39, 0.29) is 22.6 Å². The van der Waals surface area contributed by atoms with E-state index in [1.54, 1.807) is 24.3 Å². The van der Waals surface area contributed by atoms with Gasteiger partial charge in [0.2, 0.25) is 0 Å². The van der Waals surface area contributed by atoms with E-state index < -0.39 is 0 Å². The molecule has 1 aliphatic carbocycles. The van der Waals surface area contributed by atoms with Crippen molar-refractivity contribution in [2.75, 3.05) is 6.54 Å². The Morgan fingerprint density at radius 1 is 1.37 bits per heavy atom. The summed E-state index contributed by atoms with van der Waals surface area (Å²) in [6, 6.07) is 6.99. The predicted octanol–water partition coefficient (Wildman–Crippen LogP) is 1.45. The molecule has 1 saturated carbocycles. The number of aromatic nitrogens is 2. The second-order valence-corrected chi connectivity index (χ2v) is 5.44. The van der Waals surface area contributed by atoms with E-state index >= 15 is 0 Å². The number of carbonyl (C=O) groups is 1. The monoisotopic (exact) mass is 257 g/mol. The third-order valence-corrected chi connectivity index (χ3v) is 3.69. The number of aromatic amines is 1. The summed E-state index contributed by atoms with van der Waals surface area (Å²) in [7, 11) is 0. The summed E-state index contributed by atoms with van der Waals surface area (Å²) in [5, 5.41) is 10.2. The lowest BCUT2D eigenvalue weighted by molar-refractivity contribution is 0.0942. The van der Waals surface area contributed by atoms with Gasteiger partial charge in [-0.05, 0) is 24.3 Å². The molecule has 5 nitrogen and oxygen atoms in total. The molecule has 3 rings (SSSR count). The van der Waals surface area contributed by atoms with Crippen molar-refractivity contribution in [1.82, 2.24) is 15.5 Å². The lowest BCUT2D eigenvalue weighted by atomic mass is 10.1. The number of carbonyl (C=O) groups excluding carboxylic acids is 1. The maximum Gasteiger partial charge on any atom is 0.272 e. The minimum Gasteiger partial charge on any atom is -0.350 e. The number of fused-ring (bicyclic) bond motifs is 1. The van der Waals surface area contributed by atoms with Gasteiger partial charge in [-0.15, -0.1) is 0 Å². The first-order valence-electron chi connectivity index (χ1n) is 6.35. The number of amides is 1. The molecule has 0 spiro atoms. The van der Waals surface area contributed by atoms with Crippen LogP contribution in [0.25, 0.3) is 10.8 Å². The average Bonchev–Trinajstić information content (AvgIpc) is 3.15. The number of H-pyrrole nitrogens is 1. The minimum absolute atomic E-state index is 0.236. The zero-order valence-electron chi connectivity index (χ0n) is 10.7. The Morgan fingerprint density at radius 2 is 2.05 bits per heavy atom. The van der Waals surface area contributed by atoms with E-state index in [0.29, 0.717) is 17.3 Å². The molecular weight excluding hydrogens is 242 g/mol. The van der Waals surface area contributed by atoms with Crippen molar-refractivity contribution in [2.45, 2.75) is 19.8 Å². The SMILES string of the molecule is CC1(CNC(=O)c2n[nH]c(=O)c3ccccc23)CC1. The quantitative estimate of drug-likeness (QED) is 0.874. The molecule has 98 valence electrons. The van der Waals surface area contributed by atoms with Crippen molar-refractivity contribution in [3.8, 4) is 0 Å². The molecule has 0 radical (unpaired) electrons. The lowest BCUT2D eigenvalue weighted by Gasteiger charge is -2.10. The highest BCUT2D eigenvalue weighted by atomic mass is 16.2. The van der Waals surface area contributed by atoms with Crippen LogP contribution in [0.3, 0.4) is 0 Å². The highest BCUT2D eigenvalue weighted by molar-refractivity contribution is 6.04. The van der Waals surface area contributed by atoms with E-state index in [0.717, 1.165) is 12.8 Å². The van der Waals surface area contributed by atoms with E-state index in [1.165, 1.54) is 0 Å². The van der Waals surface area contributed by atoms with Crippen molar-refractivity contribution < 1.29 is 4.79 Å². The molecule has 0 aliphatic heterocycles. The minimum atomic E-state index is -0.277. The second kappa shape index (κ2) is 4.19. The van der Waals surface area contributed by atoms with Crippen molar-refractivity contribution in [3.63, 3.8) is 0 Å². The lowest BCUT2D eigenvalue weighted by Crippen LogP contribution is -2.30. The van der Waals surface area contributed by atoms with Crippen LogP contribution in [0.4, 0.5) is 0 Å². The fraction of sp³-hybridized carbons (Fsp3) is 0.357. The molecule has 1 fully saturated rings. The maximum atomic E-state index is 12.1. The largest absolute Gasteiger partial charge is 0.350 e. The summed E-state index contributed by atoms with van der Waals surface area (Å²) >= 11 is 0. The Balaban J connectivity index is 1.93. The van der Waals surface area contributed by atoms with Crippen molar-refractivity contribution in [3.05, 3.63) is 40.3 Å². The summed E-state index contributed by atoms with van der Waals surface area (Å²) in [5.74, 6) is -0.236. The molecule has 1 amide bonds. The third-order valence-electron chi connectivity index (χ3n) is 3.69. The highest BCUT2D eigenvalue weighted by Gasteiger charge is 2.37.